The smallest absolute Gasteiger partial charge is 0.236 e. The second-order valence-corrected chi connectivity index (χ2v) is 6.70. The van der Waals surface area contributed by atoms with Crippen LogP contribution in [0.5, 0.6) is 0 Å². The maximum Gasteiger partial charge on any atom is 0.244 e. The first-order valence-electron chi connectivity index (χ1n) is 5.96. The van der Waals surface area contributed by atoms with E-state index in [0.29, 0.717) is 21.6 Å². The van der Waals surface area contributed by atoms with Gasteiger partial charge in [-0.2, -0.15) is 0 Å². The van der Waals surface area contributed by atoms with E-state index in [4.69, 9.17) is 11.6 Å². The molecular formula is C14H11ClN2O2S. The summed E-state index contributed by atoms with van der Waals surface area (Å²) in [6, 6.07) is 14.0. The average molecular weight is 307 g/mol. The number of nitrogens with zero attached hydrogens (tertiary/aromatic N) is 2. The van der Waals surface area contributed by atoms with Crippen LogP contribution in [-0.2, 0) is 15.8 Å². The molecule has 20 heavy (non-hydrogen) atoms. The molecule has 0 fully saturated rings. The highest BCUT2D eigenvalue weighted by Gasteiger charge is 2.17. The molecule has 0 amide bonds. The molecule has 0 saturated carbocycles. The van der Waals surface area contributed by atoms with Crippen molar-refractivity contribution in [3.8, 4) is 0 Å². The number of benzene rings is 2. The molecule has 102 valence electrons. The maximum absolute atomic E-state index is 12.5. The van der Waals surface area contributed by atoms with Crippen LogP contribution in [0.15, 0.2) is 54.9 Å². The van der Waals surface area contributed by atoms with Gasteiger partial charge in [0.05, 0.1) is 16.8 Å². The molecule has 3 rings (SSSR count). The van der Waals surface area contributed by atoms with E-state index in [0.717, 1.165) is 0 Å². The van der Waals surface area contributed by atoms with Gasteiger partial charge in [0.2, 0.25) is 10.0 Å². The Morgan fingerprint density at radius 1 is 1.10 bits per heavy atom. The van der Waals surface area contributed by atoms with E-state index < -0.39 is 10.0 Å². The molecule has 0 aliphatic rings. The van der Waals surface area contributed by atoms with Crippen molar-refractivity contribution in [3.05, 3.63) is 65.4 Å². The van der Waals surface area contributed by atoms with Crippen molar-refractivity contribution in [2.75, 3.05) is 0 Å². The third kappa shape index (κ3) is 2.42. The molecule has 0 atom stereocenters. The predicted molar refractivity (Wildman–Crippen MR) is 79.2 cm³/mol. The van der Waals surface area contributed by atoms with Crippen molar-refractivity contribution in [3.63, 3.8) is 0 Å². The summed E-state index contributed by atoms with van der Waals surface area (Å²) >= 11 is 5.88. The fourth-order valence-corrected chi connectivity index (χ4v) is 3.66. The van der Waals surface area contributed by atoms with Crippen molar-refractivity contribution in [2.45, 2.75) is 5.75 Å². The van der Waals surface area contributed by atoms with Crippen LogP contribution >= 0.6 is 11.6 Å². The first kappa shape index (κ1) is 13.1. The minimum Gasteiger partial charge on any atom is -0.236 e. The minimum atomic E-state index is -3.52. The van der Waals surface area contributed by atoms with Gasteiger partial charge in [-0.15, -0.1) is 0 Å². The Labute approximate surface area is 121 Å². The second-order valence-electron chi connectivity index (χ2n) is 4.42. The first-order chi connectivity index (χ1) is 9.56. The standard InChI is InChI=1S/C14H11ClN2O2S/c15-12-5-3-4-11(8-12)9-20(18,19)17-10-16-13-6-1-2-7-14(13)17/h1-8,10H,9H2. The third-order valence-corrected chi connectivity index (χ3v) is 4.78. The van der Waals surface area contributed by atoms with E-state index in [9.17, 15) is 8.42 Å². The Bertz CT molecular complexity index is 872. The third-order valence-electron chi connectivity index (χ3n) is 2.96. The van der Waals surface area contributed by atoms with Crippen LogP contribution in [0.1, 0.15) is 5.56 Å². The van der Waals surface area contributed by atoms with Gasteiger partial charge in [0, 0.05) is 5.02 Å². The highest BCUT2D eigenvalue weighted by atomic mass is 35.5. The summed E-state index contributed by atoms with van der Waals surface area (Å²) in [5.41, 5.74) is 1.88. The molecule has 0 aliphatic carbocycles. The lowest BCUT2D eigenvalue weighted by molar-refractivity contribution is 0.588. The maximum atomic E-state index is 12.5. The fraction of sp³-hybridized carbons (Fsp3) is 0.0714. The van der Waals surface area contributed by atoms with Gasteiger partial charge in [-0.05, 0) is 29.8 Å². The number of halogens is 1. The van der Waals surface area contributed by atoms with Crippen molar-refractivity contribution < 1.29 is 8.42 Å². The molecule has 0 unspecified atom stereocenters. The van der Waals surface area contributed by atoms with Crippen molar-refractivity contribution in [1.29, 1.82) is 0 Å². The van der Waals surface area contributed by atoms with E-state index in [2.05, 4.69) is 4.98 Å². The lowest BCUT2D eigenvalue weighted by Crippen LogP contribution is -2.14. The molecule has 2 aromatic carbocycles. The quantitative estimate of drug-likeness (QED) is 0.747. The molecule has 1 aromatic heterocycles. The summed E-state index contributed by atoms with van der Waals surface area (Å²) < 4.78 is 26.1. The first-order valence-corrected chi connectivity index (χ1v) is 7.95. The summed E-state index contributed by atoms with van der Waals surface area (Å²) in [6.45, 7) is 0. The summed E-state index contributed by atoms with van der Waals surface area (Å²) in [7, 11) is -3.52. The zero-order chi connectivity index (χ0) is 14.2. The highest BCUT2D eigenvalue weighted by Crippen LogP contribution is 2.18. The summed E-state index contributed by atoms with van der Waals surface area (Å²) in [4.78, 5) is 4.10. The topological polar surface area (TPSA) is 52.0 Å². The van der Waals surface area contributed by atoms with Gasteiger partial charge in [-0.3, -0.25) is 0 Å². The van der Waals surface area contributed by atoms with Gasteiger partial charge in [-0.1, -0.05) is 35.9 Å². The number of imidazole rings is 1. The van der Waals surface area contributed by atoms with E-state index in [1.807, 2.05) is 6.07 Å². The molecule has 0 aliphatic heterocycles. The normalized spacial score (nSPS) is 11.8. The molecule has 0 saturated heterocycles. The summed E-state index contributed by atoms with van der Waals surface area (Å²) in [6.07, 6.45) is 1.34. The predicted octanol–water partition coefficient (Wildman–Crippen LogP) is 3.07. The van der Waals surface area contributed by atoms with E-state index >= 15 is 0 Å². The largest absolute Gasteiger partial charge is 0.244 e. The molecule has 4 nitrogen and oxygen atoms in total. The van der Waals surface area contributed by atoms with Crippen LogP contribution in [0.2, 0.25) is 5.02 Å². The Kier molecular flexibility index (Phi) is 3.23. The number of aromatic nitrogens is 2. The van der Waals surface area contributed by atoms with E-state index in [1.165, 1.54) is 10.3 Å². The molecule has 3 aromatic rings. The zero-order valence-corrected chi connectivity index (χ0v) is 12.0. The number of hydrogen-bond donors (Lipinski definition) is 0. The Morgan fingerprint density at radius 2 is 1.90 bits per heavy atom. The number of para-hydroxylation sites is 2. The van der Waals surface area contributed by atoms with E-state index in [-0.39, 0.29) is 5.75 Å². The fourth-order valence-electron chi connectivity index (χ4n) is 2.07. The van der Waals surface area contributed by atoms with Crippen LogP contribution in [0, 0.1) is 0 Å². The Balaban J connectivity index is 2.04. The molecule has 0 spiro atoms. The molecule has 0 radical (unpaired) electrons. The SMILES string of the molecule is O=S(=O)(Cc1cccc(Cl)c1)n1cnc2ccccc21. The second kappa shape index (κ2) is 4.92. The van der Waals surface area contributed by atoms with Crippen LogP contribution < -0.4 is 0 Å². The average Bonchev–Trinajstić information content (AvgIpc) is 2.82. The van der Waals surface area contributed by atoms with Gasteiger partial charge >= 0.3 is 0 Å². The highest BCUT2D eigenvalue weighted by molar-refractivity contribution is 7.89. The van der Waals surface area contributed by atoms with Gasteiger partial charge in [-0.25, -0.2) is 17.4 Å². The Hall–Kier alpha value is -1.85. The van der Waals surface area contributed by atoms with Crippen molar-refractivity contribution >= 4 is 32.7 Å². The van der Waals surface area contributed by atoms with Crippen LogP contribution in [0.3, 0.4) is 0 Å². The molecular weight excluding hydrogens is 296 g/mol. The van der Waals surface area contributed by atoms with Gasteiger partial charge in [0.1, 0.15) is 6.33 Å². The van der Waals surface area contributed by atoms with E-state index in [1.54, 1.807) is 42.5 Å². The van der Waals surface area contributed by atoms with Gasteiger partial charge < -0.3 is 0 Å². The van der Waals surface area contributed by atoms with Crippen LogP contribution in [0.25, 0.3) is 11.0 Å². The minimum absolute atomic E-state index is 0.117. The molecule has 0 N–H and O–H groups in total. The van der Waals surface area contributed by atoms with Gasteiger partial charge in [0.25, 0.3) is 0 Å². The summed E-state index contributed by atoms with van der Waals surface area (Å²) in [5, 5.41) is 0.521. The Morgan fingerprint density at radius 3 is 2.70 bits per heavy atom. The van der Waals surface area contributed by atoms with Crippen LogP contribution in [0.4, 0.5) is 0 Å². The lowest BCUT2D eigenvalue weighted by Gasteiger charge is -2.07. The summed E-state index contributed by atoms with van der Waals surface area (Å²) in [5.74, 6) is -0.117. The lowest BCUT2D eigenvalue weighted by atomic mass is 10.2. The molecule has 6 heteroatoms. The van der Waals surface area contributed by atoms with Crippen molar-refractivity contribution in [1.82, 2.24) is 8.96 Å². The van der Waals surface area contributed by atoms with Gasteiger partial charge in [0.15, 0.2) is 0 Å². The number of rotatable bonds is 3. The number of fused-ring (bicyclic) bond motifs is 1. The monoisotopic (exact) mass is 306 g/mol. The van der Waals surface area contributed by atoms with Crippen molar-refractivity contribution in [2.24, 2.45) is 0 Å². The zero-order valence-electron chi connectivity index (χ0n) is 10.4. The number of hydrogen-bond acceptors (Lipinski definition) is 3. The molecule has 1 heterocycles. The molecule has 0 bridgehead atoms. The van der Waals surface area contributed by atoms with Crippen LogP contribution in [-0.4, -0.2) is 17.4 Å².